The van der Waals surface area contributed by atoms with Crippen molar-refractivity contribution in [2.45, 2.75) is 25.9 Å². The average molecular weight is 382 g/mol. The van der Waals surface area contributed by atoms with Crippen molar-refractivity contribution in [3.8, 4) is 17.2 Å². The Balaban J connectivity index is 1.44. The number of amides is 2. The summed E-state index contributed by atoms with van der Waals surface area (Å²) in [5.74, 6) is 1.13. The van der Waals surface area contributed by atoms with Gasteiger partial charge in [0, 0.05) is 13.1 Å². The number of nitrogens with zero attached hydrogens (tertiary/aromatic N) is 1. The van der Waals surface area contributed by atoms with Crippen LogP contribution < -0.4 is 24.4 Å². The van der Waals surface area contributed by atoms with Crippen LogP contribution in [0.2, 0.25) is 0 Å². The quantitative estimate of drug-likeness (QED) is 0.803. The molecule has 2 aromatic rings. The van der Waals surface area contributed by atoms with Crippen LogP contribution in [0, 0.1) is 0 Å². The van der Waals surface area contributed by atoms with Gasteiger partial charge in [0.1, 0.15) is 5.75 Å². The summed E-state index contributed by atoms with van der Waals surface area (Å²) >= 11 is 0. The van der Waals surface area contributed by atoms with Gasteiger partial charge in [-0.1, -0.05) is 18.2 Å². The van der Waals surface area contributed by atoms with Gasteiger partial charge < -0.3 is 24.4 Å². The third-order valence-electron chi connectivity index (χ3n) is 5.01. The summed E-state index contributed by atoms with van der Waals surface area (Å²) in [6, 6.07) is 12.9. The molecule has 0 bridgehead atoms. The summed E-state index contributed by atoms with van der Waals surface area (Å²) in [5.41, 5.74) is 0.0888. The average Bonchev–Trinajstić information content (AvgIpc) is 3.17. The number of hydrogen-bond donors (Lipinski definition) is 1. The van der Waals surface area contributed by atoms with Gasteiger partial charge in [-0.2, -0.15) is 0 Å². The van der Waals surface area contributed by atoms with Gasteiger partial charge in [-0.05, 0) is 50.1 Å². The van der Waals surface area contributed by atoms with Crippen molar-refractivity contribution in [1.82, 2.24) is 5.32 Å². The Morgan fingerprint density at radius 3 is 2.75 bits per heavy atom. The maximum Gasteiger partial charge on any atom is 0.280 e. The lowest BCUT2D eigenvalue weighted by Crippen LogP contribution is -2.62. The lowest BCUT2D eigenvalue weighted by atomic mass is 9.99. The Labute approximate surface area is 163 Å². The zero-order chi connectivity index (χ0) is 19.7. The molecule has 28 heavy (non-hydrogen) atoms. The van der Waals surface area contributed by atoms with Crippen LogP contribution in [0.5, 0.6) is 17.2 Å². The zero-order valence-electron chi connectivity index (χ0n) is 15.9. The topological polar surface area (TPSA) is 77.1 Å². The highest BCUT2D eigenvalue weighted by Gasteiger charge is 2.50. The third-order valence-corrected chi connectivity index (χ3v) is 5.01. The van der Waals surface area contributed by atoms with Gasteiger partial charge in [0.15, 0.2) is 11.5 Å². The molecule has 0 saturated carbocycles. The summed E-state index contributed by atoms with van der Waals surface area (Å²) in [6.45, 7) is 4.45. The van der Waals surface area contributed by atoms with Gasteiger partial charge in [-0.15, -0.1) is 0 Å². The van der Waals surface area contributed by atoms with Crippen LogP contribution in [0.1, 0.15) is 19.4 Å². The van der Waals surface area contributed by atoms with E-state index in [4.69, 9.17) is 14.2 Å². The predicted molar refractivity (Wildman–Crippen MR) is 103 cm³/mol. The Morgan fingerprint density at radius 1 is 1.14 bits per heavy atom. The number of rotatable bonds is 5. The van der Waals surface area contributed by atoms with E-state index in [1.165, 1.54) is 6.92 Å². The van der Waals surface area contributed by atoms with Crippen molar-refractivity contribution in [3.63, 3.8) is 0 Å². The van der Waals surface area contributed by atoms with Crippen LogP contribution in [0.3, 0.4) is 0 Å². The summed E-state index contributed by atoms with van der Waals surface area (Å²) in [5, 5.41) is 2.83. The third kappa shape index (κ3) is 3.02. The van der Waals surface area contributed by atoms with Crippen molar-refractivity contribution in [2.75, 3.05) is 24.8 Å². The summed E-state index contributed by atoms with van der Waals surface area (Å²) in [6.07, 6.45) is 0.598. The van der Waals surface area contributed by atoms with Gasteiger partial charge in [0.25, 0.3) is 17.4 Å². The van der Waals surface area contributed by atoms with Gasteiger partial charge in [-0.3, -0.25) is 9.59 Å². The second-order valence-corrected chi connectivity index (χ2v) is 6.85. The lowest BCUT2D eigenvalue weighted by Gasteiger charge is -2.39. The second kappa shape index (κ2) is 7.07. The molecule has 0 spiro atoms. The molecule has 0 saturated heterocycles. The van der Waals surface area contributed by atoms with E-state index in [0.29, 0.717) is 36.7 Å². The molecular weight excluding hydrogens is 360 g/mol. The number of ether oxygens (including phenoxy) is 3. The van der Waals surface area contributed by atoms with Gasteiger partial charge in [0.2, 0.25) is 6.79 Å². The van der Waals surface area contributed by atoms with Crippen LogP contribution in [0.4, 0.5) is 5.69 Å². The molecule has 2 aliphatic heterocycles. The molecule has 7 heteroatoms. The number of para-hydroxylation sites is 2. The fraction of sp³-hybridized carbons (Fsp3) is 0.333. The Morgan fingerprint density at radius 2 is 1.93 bits per heavy atom. The molecule has 7 nitrogen and oxygen atoms in total. The van der Waals surface area contributed by atoms with Crippen LogP contribution in [0.15, 0.2) is 42.5 Å². The molecule has 146 valence electrons. The molecule has 2 aliphatic rings. The SMILES string of the molecule is CCN1C(=O)C(C)(C(=O)NCCc2ccc3c(c2)OCO3)Oc2ccccc21. The number of benzene rings is 2. The van der Waals surface area contributed by atoms with Crippen molar-refractivity contribution < 1.29 is 23.8 Å². The van der Waals surface area contributed by atoms with Crippen molar-refractivity contribution in [2.24, 2.45) is 0 Å². The number of hydrogen-bond acceptors (Lipinski definition) is 5. The van der Waals surface area contributed by atoms with E-state index in [9.17, 15) is 9.59 Å². The molecular formula is C21H22N2O5. The van der Waals surface area contributed by atoms with Gasteiger partial charge in [-0.25, -0.2) is 0 Å². The molecule has 0 fully saturated rings. The van der Waals surface area contributed by atoms with E-state index in [2.05, 4.69) is 5.32 Å². The fourth-order valence-electron chi connectivity index (χ4n) is 3.44. The van der Waals surface area contributed by atoms with Gasteiger partial charge in [0.05, 0.1) is 5.69 Å². The molecule has 0 aromatic heterocycles. The summed E-state index contributed by atoms with van der Waals surface area (Å²) in [4.78, 5) is 27.4. The fourth-order valence-corrected chi connectivity index (χ4v) is 3.44. The highest BCUT2D eigenvalue weighted by molar-refractivity contribution is 6.16. The molecule has 4 rings (SSSR count). The first kappa shape index (κ1) is 18.2. The lowest BCUT2D eigenvalue weighted by molar-refractivity contribution is -0.148. The van der Waals surface area contributed by atoms with E-state index < -0.39 is 11.5 Å². The van der Waals surface area contributed by atoms with Crippen molar-refractivity contribution >= 4 is 17.5 Å². The summed E-state index contributed by atoms with van der Waals surface area (Å²) < 4.78 is 16.5. The van der Waals surface area contributed by atoms with E-state index in [1.807, 2.05) is 43.3 Å². The molecule has 0 radical (unpaired) electrons. The number of carbonyl (C=O) groups excluding carboxylic acids is 2. The first-order chi connectivity index (χ1) is 13.5. The van der Waals surface area contributed by atoms with E-state index in [0.717, 1.165) is 11.3 Å². The number of nitrogens with one attached hydrogen (secondary N) is 1. The van der Waals surface area contributed by atoms with Crippen LogP contribution in [-0.4, -0.2) is 37.3 Å². The highest BCUT2D eigenvalue weighted by atomic mass is 16.7. The number of anilines is 1. The smallest absolute Gasteiger partial charge is 0.280 e. The predicted octanol–water partition coefficient (Wildman–Crippen LogP) is 2.28. The molecule has 2 heterocycles. The Bertz CT molecular complexity index is 929. The van der Waals surface area contributed by atoms with Crippen LogP contribution in [0.25, 0.3) is 0 Å². The maximum atomic E-state index is 13.0. The molecule has 0 aliphatic carbocycles. The minimum absolute atomic E-state index is 0.225. The Hall–Kier alpha value is -3.22. The molecule has 1 unspecified atom stereocenters. The van der Waals surface area contributed by atoms with Crippen molar-refractivity contribution in [3.05, 3.63) is 48.0 Å². The van der Waals surface area contributed by atoms with Crippen molar-refractivity contribution in [1.29, 1.82) is 0 Å². The number of likely N-dealkylation sites (N-methyl/N-ethyl adjacent to an activating group) is 1. The number of carbonyl (C=O) groups is 2. The Kier molecular flexibility index (Phi) is 4.58. The normalized spacial score (nSPS) is 19.8. The minimum atomic E-state index is -1.60. The molecule has 2 amide bonds. The van der Waals surface area contributed by atoms with Crippen LogP contribution >= 0.6 is 0 Å². The zero-order valence-corrected chi connectivity index (χ0v) is 15.9. The van der Waals surface area contributed by atoms with Gasteiger partial charge >= 0.3 is 0 Å². The summed E-state index contributed by atoms with van der Waals surface area (Å²) in [7, 11) is 0. The molecule has 1 atom stereocenters. The monoisotopic (exact) mass is 382 g/mol. The minimum Gasteiger partial charge on any atom is -0.466 e. The van der Waals surface area contributed by atoms with E-state index in [1.54, 1.807) is 11.0 Å². The first-order valence-corrected chi connectivity index (χ1v) is 9.30. The second-order valence-electron chi connectivity index (χ2n) is 6.85. The molecule has 1 N–H and O–H groups in total. The number of fused-ring (bicyclic) bond motifs is 2. The molecule has 2 aromatic carbocycles. The van der Waals surface area contributed by atoms with E-state index in [-0.39, 0.29) is 12.7 Å². The van der Waals surface area contributed by atoms with Crippen LogP contribution in [-0.2, 0) is 16.0 Å². The van der Waals surface area contributed by atoms with E-state index >= 15 is 0 Å². The largest absolute Gasteiger partial charge is 0.466 e. The standard InChI is InChI=1S/C21H22N2O5/c1-3-23-15-6-4-5-7-16(15)28-21(2,20(23)25)19(24)22-11-10-14-8-9-17-18(12-14)27-13-26-17/h4-9,12H,3,10-11,13H2,1-2H3,(H,22,24). The maximum absolute atomic E-state index is 13.0. The highest BCUT2D eigenvalue weighted by Crippen LogP contribution is 2.37. The first-order valence-electron chi connectivity index (χ1n) is 9.30.